The number of fused-ring (bicyclic) bond motifs is 1. The Balaban J connectivity index is 1.48. The van der Waals surface area contributed by atoms with Crippen molar-refractivity contribution in [3.63, 3.8) is 0 Å². The maximum absolute atomic E-state index is 12.7. The van der Waals surface area contributed by atoms with Crippen molar-refractivity contribution in [2.45, 2.75) is 13.0 Å². The molecule has 0 saturated carbocycles. The van der Waals surface area contributed by atoms with Crippen molar-refractivity contribution in [1.82, 2.24) is 15.1 Å². The van der Waals surface area contributed by atoms with Crippen molar-refractivity contribution in [1.29, 1.82) is 0 Å². The van der Waals surface area contributed by atoms with Gasteiger partial charge in [-0.05, 0) is 32.2 Å². The third-order valence-corrected chi connectivity index (χ3v) is 4.69. The molecule has 1 saturated heterocycles. The molecule has 0 spiro atoms. The fourth-order valence-corrected chi connectivity index (χ4v) is 2.86. The van der Waals surface area contributed by atoms with Gasteiger partial charge in [0.1, 0.15) is 0 Å². The lowest BCUT2D eigenvalue weighted by molar-refractivity contribution is -0.123. The monoisotopic (exact) mass is 363 g/mol. The summed E-state index contributed by atoms with van der Waals surface area (Å²) in [6.07, 6.45) is 0. The van der Waals surface area contributed by atoms with Gasteiger partial charge in [0, 0.05) is 18.7 Å². The average Bonchev–Trinajstić information content (AvgIpc) is 3.13. The van der Waals surface area contributed by atoms with Crippen LogP contribution in [-0.4, -0.2) is 80.9 Å². The van der Waals surface area contributed by atoms with E-state index in [0.717, 1.165) is 13.1 Å². The molecule has 1 fully saturated rings. The maximum Gasteiger partial charge on any atom is 0.235 e. The van der Waals surface area contributed by atoms with E-state index in [1.807, 2.05) is 18.9 Å². The van der Waals surface area contributed by atoms with Gasteiger partial charge < -0.3 is 19.5 Å². The highest BCUT2D eigenvalue weighted by Gasteiger charge is 2.23. The quantitative estimate of drug-likeness (QED) is 0.552. The largest absolute Gasteiger partial charge is 0.454 e. The lowest BCUT2D eigenvalue weighted by atomic mass is 10.0. The lowest BCUT2D eigenvalue weighted by Gasteiger charge is -2.27. The topological polar surface area (TPSA) is 80.3 Å². The van der Waals surface area contributed by atoms with Crippen LogP contribution in [0.4, 0.5) is 0 Å². The van der Waals surface area contributed by atoms with Gasteiger partial charge in [0.2, 0.25) is 12.7 Å². The van der Waals surface area contributed by atoms with Gasteiger partial charge in [-0.3, -0.25) is 19.4 Å². The normalized spacial score (nSPS) is 18.0. The first kappa shape index (κ1) is 18.6. The van der Waals surface area contributed by atoms with E-state index < -0.39 is 0 Å². The van der Waals surface area contributed by atoms with E-state index in [1.165, 1.54) is 0 Å². The third kappa shape index (κ3) is 4.51. The molecule has 0 radical (unpaired) electrons. The first-order chi connectivity index (χ1) is 12.5. The SMILES string of the molecule is CC(C(=O)c1ccc2c(c1)OCO2)N(C)CNC(=O)CN1CCOCC1. The minimum absolute atomic E-state index is 0.0340. The van der Waals surface area contributed by atoms with Crippen LogP contribution in [-0.2, 0) is 9.53 Å². The van der Waals surface area contributed by atoms with Gasteiger partial charge >= 0.3 is 0 Å². The molecule has 2 aliphatic heterocycles. The van der Waals surface area contributed by atoms with Crippen molar-refractivity contribution in [2.75, 3.05) is 53.4 Å². The number of benzene rings is 1. The zero-order chi connectivity index (χ0) is 18.5. The van der Waals surface area contributed by atoms with Gasteiger partial charge in [0.05, 0.1) is 32.5 Å². The molecule has 8 heteroatoms. The van der Waals surface area contributed by atoms with Crippen molar-refractivity contribution >= 4 is 11.7 Å². The van der Waals surface area contributed by atoms with Gasteiger partial charge in [-0.1, -0.05) is 0 Å². The smallest absolute Gasteiger partial charge is 0.235 e. The number of rotatable bonds is 7. The van der Waals surface area contributed by atoms with E-state index in [0.29, 0.717) is 43.5 Å². The van der Waals surface area contributed by atoms with Crippen LogP contribution in [0.3, 0.4) is 0 Å². The fraction of sp³-hybridized carbons (Fsp3) is 0.556. The number of likely N-dealkylation sites (N-methyl/N-ethyl adjacent to an activating group) is 1. The van der Waals surface area contributed by atoms with Crippen LogP contribution in [0.5, 0.6) is 11.5 Å². The van der Waals surface area contributed by atoms with E-state index in [2.05, 4.69) is 10.2 Å². The van der Waals surface area contributed by atoms with Gasteiger partial charge in [0.15, 0.2) is 17.3 Å². The molecule has 1 unspecified atom stereocenters. The van der Waals surface area contributed by atoms with Crippen molar-refractivity contribution in [2.24, 2.45) is 0 Å². The molecule has 0 aliphatic carbocycles. The summed E-state index contributed by atoms with van der Waals surface area (Å²) in [5.74, 6) is 1.15. The Bertz CT molecular complexity index is 660. The van der Waals surface area contributed by atoms with Crippen molar-refractivity contribution in [3.05, 3.63) is 23.8 Å². The van der Waals surface area contributed by atoms with Crippen LogP contribution in [0.25, 0.3) is 0 Å². The van der Waals surface area contributed by atoms with Gasteiger partial charge in [-0.15, -0.1) is 0 Å². The van der Waals surface area contributed by atoms with E-state index in [1.54, 1.807) is 18.2 Å². The number of ketones is 1. The van der Waals surface area contributed by atoms with Crippen LogP contribution >= 0.6 is 0 Å². The molecule has 8 nitrogen and oxygen atoms in total. The highest BCUT2D eigenvalue weighted by atomic mass is 16.7. The van der Waals surface area contributed by atoms with E-state index >= 15 is 0 Å². The minimum atomic E-state index is -0.376. The van der Waals surface area contributed by atoms with Crippen molar-refractivity contribution < 1.29 is 23.8 Å². The number of morpholine rings is 1. The van der Waals surface area contributed by atoms with Gasteiger partial charge in [-0.2, -0.15) is 0 Å². The molecule has 1 aromatic carbocycles. The third-order valence-electron chi connectivity index (χ3n) is 4.69. The second-order valence-electron chi connectivity index (χ2n) is 6.51. The lowest BCUT2D eigenvalue weighted by Crippen LogP contribution is -2.47. The molecule has 2 aliphatic rings. The molecule has 26 heavy (non-hydrogen) atoms. The second-order valence-corrected chi connectivity index (χ2v) is 6.51. The highest BCUT2D eigenvalue weighted by molar-refractivity contribution is 6.00. The number of hydrogen-bond donors (Lipinski definition) is 1. The molecular weight excluding hydrogens is 338 g/mol. The molecule has 2 heterocycles. The van der Waals surface area contributed by atoms with Gasteiger partial charge in [0.25, 0.3) is 0 Å². The van der Waals surface area contributed by atoms with Crippen LogP contribution in [0, 0.1) is 0 Å². The molecule has 1 N–H and O–H groups in total. The fourth-order valence-electron chi connectivity index (χ4n) is 2.86. The number of nitrogens with zero attached hydrogens (tertiary/aromatic N) is 2. The summed E-state index contributed by atoms with van der Waals surface area (Å²) in [4.78, 5) is 28.6. The van der Waals surface area contributed by atoms with Crippen molar-refractivity contribution in [3.8, 4) is 11.5 Å². The Morgan fingerprint density at radius 3 is 2.73 bits per heavy atom. The molecule has 0 bridgehead atoms. The average molecular weight is 363 g/mol. The van der Waals surface area contributed by atoms with Crippen LogP contribution in [0.2, 0.25) is 0 Å². The Kier molecular flexibility index (Phi) is 6.08. The van der Waals surface area contributed by atoms with Crippen LogP contribution in [0.1, 0.15) is 17.3 Å². The summed E-state index contributed by atoms with van der Waals surface area (Å²) in [7, 11) is 1.81. The number of nitrogens with one attached hydrogen (secondary N) is 1. The zero-order valence-electron chi connectivity index (χ0n) is 15.2. The number of hydrogen-bond acceptors (Lipinski definition) is 7. The predicted molar refractivity (Wildman–Crippen MR) is 94.4 cm³/mol. The van der Waals surface area contributed by atoms with Gasteiger partial charge in [-0.25, -0.2) is 0 Å². The molecule has 0 aromatic heterocycles. The molecule has 1 atom stereocenters. The molecule has 142 valence electrons. The second kappa shape index (κ2) is 8.48. The summed E-state index contributed by atoms with van der Waals surface area (Å²) >= 11 is 0. The standard InChI is InChI=1S/C18H25N3O5/c1-13(18(23)14-3-4-15-16(9-14)26-12-25-15)20(2)11-19-17(22)10-21-5-7-24-8-6-21/h3-4,9,13H,5-8,10-12H2,1-2H3,(H,19,22). The Morgan fingerprint density at radius 2 is 1.96 bits per heavy atom. The summed E-state index contributed by atoms with van der Waals surface area (Å²) in [6, 6.07) is 4.80. The minimum Gasteiger partial charge on any atom is -0.454 e. The number of ether oxygens (including phenoxy) is 3. The predicted octanol–water partition coefficient (Wildman–Crippen LogP) is 0.324. The number of Topliss-reactive ketones (excluding diaryl/α,β-unsaturated/α-hetero) is 1. The number of amides is 1. The van der Waals surface area contributed by atoms with E-state index in [4.69, 9.17) is 14.2 Å². The van der Waals surface area contributed by atoms with E-state index in [-0.39, 0.29) is 24.5 Å². The molecular formula is C18H25N3O5. The molecule has 1 aromatic rings. The van der Waals surface area contributed by atoms with Crippen LogP contribution < -0.4 is 14.8 Å². The number of carbonyl (C=O) groups is 2. The summed E-state index contributed by atoms with van der Waals surface area (Å²) in [5, 5.41) is 2.87. The molecule has 1 amide bonds. The summed E-state index contributed by atoms with van der Waals surface area (Å²) in [5.41, 5.74) is 0.563. The number of carbonyl (C=O) groups excluding carboxylic acids is 2. The molecule has 3 rings (SSSR count). The Labute approximate surface area is 153 Å². The Morgan fingerprint density at radius 1 is 1.23 bits per heavy atom. The zero-order valence-corrected chi connectivity index (χ0v) is 15.2. The first-order valence-electron chi connectivity index (χ1n) is 8.75. The summed E-state index contributed by atoms with van der Waals surface area (Å²) in [6.45, 7) is 5.51. The highest BCUT2D eigenvalue weighted by Crippen LogP contribution is 2.32. The first-order valence-corrected chi connectivity index (χ1v) is 8.75. The summed E-state index contributed by atoms with van der Waals surface area (Å²) < 4.78 is 15.9. The Hall–Kier alpha value is -2.16. The van der Waals surface area contributed by atoms with Crippen LogP contribution in [0.15, 0.2) is 18.2 Å². The maximum atomic E-state index is 12.7. The van der Waals surface area contributed by atoms with E-state index in [9.17, 15) is 9.59 Å².